The molecule has 3 aromatic rings. The number of esters is 2. The first-order valence-corrected chi connectivity index (χ1v) is 16.2. The van der Waals surface area contributed by atoms with E-state index in [4.69, 9.17) is 13.9 Å². The Bertz CT molecular complexity index is 1330. The van der Waals surface area contributed by atoms with E-state index in [-0.39, 0.29) is 28.2 Å². The van der Waals surface area contributed by atoms with Crippen molar-refractivity contribution in [2.75, 3.05) is 7.11 Å². The first kappa shape index (κ1) is 31.1. The average molecular weight is 590 g/mol. The van der Waals surface area contributed by atoms with Crippen LogP contribution < -0.4 is 10.4 Å². The highest BCUT2D eigenvalue weighted by atomic mass is 28.4. The number of carbonyl (C=O) groups excluding carboxylic acids is 2. The van der Waals surface area contributed by atoms with Gasteiger partial charge in [-0.3, -0.25) is 14.9 Å². The number of rotatable bonds is 9. The highest BCUT2D eigenvalue weighted by Gasteiger charge is 2.54. The van der Waals surface area contributed by atoms with Crippen LogP contribution in [0.15, 0.2) is 84.9 Å². The monoisotopic (exact) mass is 589 g/mol. The molecule has 1 aliphatic rings. The largest absolute Gasteiger partial charge is 0.469 e. The summed E-state index contributed by atoms with van der Waals surface area (Å²) >= 11 is 0. The second-order valence-electron chi connectivity index (χ2n) is 11.8. The maximum Gasteiger partial charge on any atom is 0.338 e. The summed E-state index contributed by atoms with van der Waals surface area (Å²) in [6, 6.07) is 25.9. The Balaban J connectivity index is 1.76. The molecule has 4 atom stereocenters. The molecule has 0 bridgehead atoms. The molecule has 4 rings (SSSR count). The fraction of sp³-hybridized carbons (Fsp3) is 0.394. The van der Waals surface area contributed by atoms with Crippen molar-refractivity contribution >= 4 is 36.3 Å². The van der Waals surface area contributed by atoms with Gasteiger partial charge in [0.25, 0.3) is 14.0 Å². The highest BCUT2D eigenvalue weighted by molar-refractivity contribution is 6.99. The van der Waals surface area contributed by atoms with Crippen molar-refractivity contribution in [1.29, 1.82) is 0 Å². The topological polar surface area (TPSA) is 105 Å². The van der Waals surface area contributed by atoms with Gasteiger partial charge in [-0.1, -0.05) is 88.4 Å². The number of nitro benzene ring substituents is 1. The molecule has 1 saturated carbocycles. The normalized spacial score (nSPS) is 20.9. The molecule has 9 heteroatoms. The molecule has 0 heterocycles. The van der Waals surface area contributed by atoms with Crippen LogP contribution in [0, 0.1) is 22.0 Å². The van der Waals surface area contributed by atoms with E-state index in [1.54, 1.807) is 0 Å². The van der Waals surface area contributed by atoms with Gasteiger partial charge in [-0.15, -0.1) is 0 Å². The molecule has 0 radical (unpaired) electrons. The summed E-state index contributed by atoms with van der Waals surface area (Å²) in [5.74, 6) is -1.66. The SMILES string of the molecule is CC[C@@H]1[C@H](OC(=O)c2ccc([N+](=O)[O-])cc2)C[C@@H](C(=O)OC)C[C@H]1O[Si](c1ccccc1)(c1ccccc1)C(C)(C)C. The van der Waals surface area contributed by atoms with Gasteiger partial charge >= 0.3 is 11.9 Å². The van der Waals surface area contributed by atoms with E-state index in [1.165, 1.54) is 31.4 Å². The van der Waals surface area contributed by atoms with Crippen molar-refractivity contribution < 1.29 is 28.4 Å². The summed E-state index contributed by atoms with van der Waals surface area (Å²) in [4.78, 5) is 36.8. The minimum Gasteiger partial charge on any atom is -0.469 e. The van der Waals surface area contributed by atoms with Gasteiger partial charge in [-0.2, -0.15) is 0 Å². The number of hydrogen-bond acceptors (Lipinski definition) is 7. The molecule has 1 aliphatic carbocycles. The minimum atomic E-state index is -2.98. The number of benzene rings is 3. The van der Waals surface area contributed by atoms with E-state index >= 15 is 0 Å². The van der Waals surface area contributed by atoms with E-state index in [9.17, 15) is 19.7 Å². The van der Waals surface area contributed by atoms with Crippen LogP contribution in [-0.2, 0) is 18.7 Å². The third-order valence-electron chi connectivity index (χ3n) is 8.31. The molecule has 8 nitrogen and oxygen atoms in total. The molecule has 222 valence electrons. The Morgan fingerprint density at radius 1 is 0.881 bits per heavy atom. The molecule has 0 amide bonds. The summed E-state index contributed by atoms with van der Waals surface area (Å²) in [6.45, 7) is 8.64. The molecule has 0 unspecified atom stereocenters. The number of hydrogen-bond donors (Lipinski definition) is 0. The van der Waals surface area contributed by atoms with Crippen LogP contribution >= 0.6 is 0 Å². The minimum absolute atomic E-state index is 0.111. The second kappa shape index (κ2) is 13.0. The summed E-state index contributed by atoms with van der Waals surface area (Å²) < 4.78 is 18.7. The number of carbonyl (C=O) groups is 2. The molecular weight excluding hydrogens is 550 g/mol. The van der Waals surface area contributed by atoms with Crippen molar-refractivity contribution in [3.8, 4) is 0 Å². The zero-order valence-corrected chi connectivity index (χ0v) is 25.8. The fourth-order valence-corrected chi connectivity index (χ4v) is 11.0. The first-order chi connectivity index (χ1) is 20.0. The zero-order chi connectivity index (χ0) is 30.5. The highest BCUT2D eigenvalue weighted by Crippen LogP contribution is 2.43. The molecule has 0 spiro atoms. The molecule has 0 aromatic heterocycles. The van der Waals surface area contributed by atoms with Crippen LogP contribution in [0.1, 0.15) is 57.3 Å². The quantitative estimate of drug-likeness (QED) is 0.137. The van der Waals surface area contributed by atoms with Gasteiger partial charge in [0.2, 0.25) is 0 Å². The van der Waals surface area contributed by atoms with Crippen molar-refractivity contribution in [2.24, 2.45) is 11.8 Å². The fourth-order valence-electron chi connectivity index (χ4n) is 6.25. The molecular formula is C33H39NO7Si. The van der Waals surface area contributed by atoms with E-state index in [2.05, 4.69) is 45.0 Å². The number of non-ortho nitro benzene ring substituents is 1. The summed E-state index contributed by atoms with van der Waals surface area (Å²) in [5, 5.41) is 13.0. The summed E-state index contributed by atoms with van der Waals surface area (Å²) in [7, 11) is -1.61. The second-order valence-corrected chi connectivity index (χ2v) is 16.1. The lowest BCUT2D eigenvalue weighted by atomic mass is 9.76. The average Bonchev–Trinajstić information content (AvgIpc) is 2.99. The number of methoxy groups -OCH3 is 1. The van der Waals surface area contributed by atoms with Crippen LogP contribution in [0.2, 0.25) is 5.04 Å². The van der Waals surface area contributed by atoms with Crippen molar-refractivity contribution in [2.45, 2.75) is 64.2 Å². The molecule has 0 saturated heterocycles. The smallest absolute Gasteiger partial charge is 0.338 e. The van der Waals surface area contributed by atoms with E-state index < -0.39 is 37.3 Å². The lowest BCUT2D eigenvalue weighted by Crippen LogP contribution is -2.69. The Morgan fingerprint density at radius 3 is 1.86 bits per heavy atom. The number of ether oxygens (including phenoxy) is 2. The Hall–Kier alpha value is -3.82. The number of nitrogens with zero attached hydrogens (tertiary/aromatic N) is 1. The molecule has 1 fully saturated rings. The lowest BCUT2D eigenvalue weighted by Gasteiger charge is -2.49. The van der Waals surface area contributed by atoms with Crippen LogP contribution in [0.5, 0.6) is 0 Å². The maximum atomic E-state index is 13.3. The lowest BCUT2D eigenvalue weighted by molar-refractivity contribution is -0.384. The van der Waals surface area contributed by atoms with Gasteiger partial charge < -0.3 is 13.9 Å². The summed E-state index contributed by atoms with van der Waals surface area (Å²) in [6.07, 6.45) is 0.411. The Labute approximate surface area is 248 Å². The Morgan fingerprint density at radius 2 is 1.40 bits per heavy atom. The van der Waals surface area contributed by atoms with Crippen molar-refractivity contribution in [1.82, 2.24) is 0 Å². The standard InChI is InChI=1S/C33H39NO7Si/c1-6-28-29(40-32(36)23-17-19-25(20-18-23)34(37)38)21-24(31(35)39-5)22-30(28)41-42(33(2,3)4,26-13-9-7-10-14-26)27-15-11-8-12-16-27/h7-20,24,28-30H,6,21-22H2,1-5H3/t24-,28-,29-,30-/m1/s1. The third-order valence-corrected chi connectivity index (χ3v) is 13.4. The molecule has 0 N–H and O–H groups in total. The number of nitro groups is 1. The van der Waals surface area contributed by atoms with Gasteiger partial charge in [0, 0.05) is 18.1 Å². The van der Waals surface area contributed by atoms with E-state index in [0.29, 0.717) is 19.3 Å². The van der Waals surface area contributed by atoms with Crippen LogP contribution in [-0.4, -0.2) is 44.5 Å². The van der Waals surface area contributed by atoms with Gasteiger partial charge in [0.15, 0.2) is 0 Å². The third kappa shape index (κ3) is 6.32. The molecule has 0 aliphatic heterocycles. The first-order valence-electron chi connectivity index (χ1n) is 14.3. The van der Waals surface area contributed by atoms with Crippen LogP contribution in [0.25, 0.3) is 0 Å². The van der Waals surface area contributed by atoms with Gasteiger partial charge in [0.1, 0.15) is 6.10 Å². The predicted molar refractivity (Wildman–Crippen MR) is 163 cm³/mol. The predicted octanol–water partition coefficient (Wildman–Crippen LogP) is 5.67. The van der Waals surface area contributed by atoms with Crippen molar-refractivity contribution in [3.63, 3.8) is 0 Å². The van der Waals surface area contributed by atoms with E-state index in [0.717, 1.165) is 10.4 Å². The van der Waals surface area contributed by atoms with E-state index in [1.807, 2.05) is 43.3 Å². The molecule has 3 aromatic carbocycles. The molecule has 42 heavy (non-hydrogen) atoms. The summed E-state index contributed by atoms with van der Waals surface area (Å²) in [5.41, 5.74) is 0.0975. The maximum absolute atomic E-state index is 13.3. The van der Waals surface area contributed by atoms with Gasteiger partial charge in [-0.05, 0) is 46.8 Å². The van der Waals surface area contributed by atoms with Crippen LogP contribution in [0.3, 0.4) is 0 Å². The van der Waals surface area contributed by atoms with Crippen LogP contribution in [0.4, 0.5) is 5.69 Å². The Kier molecular flexibility index (Phi) is 9.63. The van der Waals surface area contributed by atoms with Gasteiger partial charge in [0.05, 0.1) is 29.6 Å². The zero-order valence-electron chi connectivity index (χ0n) is 24.8. The van der Waals surface area contributed by atoms with Crippen molar-refractivity contribution in [3.05, 3.63) is 101 Å². The van der Waals surface area contributed by atoms with Gasteiger partial charge in [-0.25, -0.2) is 4.79 Å².